The quantitative estimate of drug-likeness (QED) is 0.594. The standard InChI is InChI=1S/C10H11N5O/c1-5-7-8-6(10(16)13-14(8)2)4-11-9(7)15(3)12-5/h4H,1-3H3,(H,13,16). The molecule has 0 amide bonds. The van der Waals surface area contributed by atoms with Crippen molar-refractivity contribution in [2.75, 3.05) is 0 Å². The summed E-state index contributed by atoms with van der Waals surface area (Å²) in [6, 6.07) is 0. The first-order chi connectivity index (χ1) is 7.59. The number of hydrogen-bond acceptors (Lipinski definition) is 3. The van der Waals surface area contributed by atoms with Crippen molar-refractivity contribution < 1.29 is 0 Å². The Bertz CT molecular complexity index is 761. The Balaban J connectivity index is 2.73. The van der Waals surface area contributed by atoms with E-state index in [4.69, 9.17) is 0 Å². The van der Waals surface area contributed by atoms with Crippen molar-refractivity contribution in [1.29, 1.82) is 0 Å². The van der Waals surface area contributed by atoms with Gasteiger partial charge in [0.05, 0.1) is 22.0 Å². The van der Waals surface area contributed by atoms with Crippen molar-refractivity contribution >= 4 is 21.9 Å². The molecule has 0 atom stereocenters. The molecular weight excluding hydrogens is 206 g/mol. The van der Waals surface area contributed by atoms with E-state index in [-0.39, 0.29) is 5.56 Å². The number of H-pyrrole nitrogens is 1. The van der Waals surface area contributed by atoms with E-state index in [0.717, 1.165) is 22.2 Å². The highest BCUT2D eigenvalue weighted by atomic mass is 16.1. The molecule has 6 nitrogen and oxygen atoms in total. The van der Waals surface area contributed by atoms with E-state index in [2.05, 4.69) is 15.2 Å². The molecule has 3 aromatic rings. The molecule has 0 aliphatic rings. The minimum Gasteiger partial charge on any atom is -0.287 e. The Morgan fingerprint density at radius 1 is 1.38 bits per heavy atom. The van der Waals surface area contributed by atoms with E-state index in [0.29, 0.717) is 5.39 Å². The van der Waals surface area contributed by atoms with Crippen LogP contribution >= 0.6 is 0 Å². The Morgan fingerprint density at radius 3 is 2.88 bits per heavy atom. The Labute approximate surface area is 90.5 Å². The summed E-state index contributed by atoms with van der Waals surface area (Å²) in [4.78, 5) is 15.9. The van der Waals surface area contributed by atoms with Crippen LogP contribution in [0.15, 0.2) is 11.0 Å². The van der Waals surface area contributed by atoms with Crippen LogP contribution in [0.25, 0.3) is 21.9 Å². The van der Waals surface area contributed by atoms with Crippen LogP contribution in [0.1, 0.15) is 5.69 Å². The van der Waals surface area contributed by atoms with Crippen LogP contribution in [0.4, 0.5) is 0 Å². The summed E-state index contributed by atoms with van der Waals surface area (Å²) in [6.45, 7) is 1.92. The van der Waals surface area contributed by atoms with E-state index >= 15 is 0 Å². The van der Waals surface area contributed by atoms with Gasteiger partial charge in [-0.15, -0.1) is 0 Å². The zero-order valence-electron chi connectivity index (χ0n) is 9.27. The number of hydrogen-bond donors (Lipinski definition) is 1. The van der Waals surface area contributed by atoms with E-state index in [1.54, 1.807) is 15.6 Å². The summed E-state index contributed by atoms with van der Waals surface area (Å²) in [6.07, 6.45) is 1.59. The van der Waals surface area contributed by atoms with Crippen LogP contribution in [0.3, 0.4) is 0 Å². The predicted octanol–water partition coefficient (Wildman–Crippen LogP) is 0.457. The number of fused-ring (bicyclic) bond motifs is 3. The van der Waals surface area contributed by atoms with Crippen molar-refractivity contribution in [2.24, 2.45) is 14.1 Å². The lowest BCUT2D eigenvalue weighted by atomic mass is 10.2. The van der Waals surface area contributed by atoms with Gasteiger partial charge in [0.15, 0.2) is 5.65 Å². The second-order valence-electron chi connectivity index (χ2n) is 3.93. The molecule has 3 heterocycles. The third kappa shape index (κ3) is 0.932. The van der Waals surface area contributed by atoms with Crippen LogP contribution in [0, 0.1) is 6.92 Å². The van der Waals surface area contributed by atoms with Crippen LogP contribution in [-0.4, -0.2) is 24.5 Å². The van der Waals surface area contributed by atoms with E-state index < -0.39 is 0 Å². The number of pyridine rings is 1. The van der Waals surface area contributed by atoms with Gasteiger partial charge in [0.2, 0.25) is 0 Å². The van der Waals surface area contributed by atoms with Crippen molar-refractivity contribution in [2.45, 2.75) is 6.92 Å². The Hall–Kier alpha value is -2.11. The summed E-state index contributed by atoms with van der Waals surface area (Å²) < 4.78 is 3.44. The smallest absolute Gasteiger partial charge is 0.273 e. The molecule has 0 aliphatic carbocycles. The molecule has 0 spiro atoms. The molecular formula is C10H11N5O. The first kappa shape index (κ1) is 9.14. The zero-order valence-corrected chi connectivity index (χ0v) is 9.27. The fourth-order valence-corrected chi connectivity index (χ4v) is 2.18. The van der Waals surface area contributed by atoms with Gasteiger partial charge in [0, 0.05) is 20.3 Å². The molecule has 0 saturated heterocycles. The minimum atomic E-state index is -0.116. The summed E-state index contributed by atoms with van der Waals surface area (Å²) in [5, 5.41) is 8.58. The molecule has 82 valence electrons. The molecule has 0 aromatic carbocycles. The molecule has 0 radical (unpaired) electrons. The van der Waals surface area contributed by atoms with Gasteiger partial charge >= 0.3 is 0 Å². The average molecular weight is 217 g/mol. The molecule has 0 fully saturated rings. The summed E-state index contributed by atoms with van der Waals surface area (Å²) in [5.41, 5.74) is 2.42. The normalized spacial score (nSPS) is 11.7. The van der Waals surface area contributed by atoms with Gasteiger partial charge in [-0.3, -0.25) is 19.3 Å². The van der Waals surface area contributed by atoms with Gasteiger partial charge < -0.3 is 0 Å². The number of nitrogens with one attached hydrogen (secondary N) is 1. The van der Waals surface area contributed by atoms with Crippen molar-refractivity contribution in [3.63, 3.8) is 0 Å². The van der Waals surface area contributed by atoms with Gasteiger partial charge in [0.1, 0.15) is 0 Å². The highest BCUT2D eigenvalue weighted by molar-refractivity contribution is 6.03. The van der Waals surface area contributed by atoms with Gasteiger partial charge in [-0.05, 0) is 6.92 Å². The Morgan fingerprint density at radius 2 is 2.12 bits per heavy atom. The molecule has 0 aliphatic heterocycles. The topological polar surface area (TPSA) is 68.5 Å². The number of aryl methyl sites for hydroxylation is 3. The second kappa shape index (κ2) is 2.72. The van der Waals surface area contributed by atoms with Gasteiger partial charge in [-0.25, -0.2) is 4.98 Å². The Kier molecular flexibility index (Phi) is 1.55. The maximum Gasteiger partial charge on any atom is 0.273 e. The predicted molar refractivity (Wildman–Crippen MR) is 60.3 cm³/mol. The first-order valence-electron chi connectivity index (χ1n) is 4.96. The van der Waals surface area contributed by atoms with Crippen LogP contribution in [-0.2, 0) is 14.1 Å². The minimum absolute atomic E-state index is 0.116. The molecule has 3 rings (SSSR count). The molecule has 0 unspecified atom stereocenters. The van der Waals surface area contributed by atoms with Crippen LogP contribution < -0.4 is 5.56 Å². The van der Waals surface area contributed by atoms with Crippen molar-refractivity contribution in [3.05, 3.63) is 22.2 Å². The third-order valence-electron chi connectivity index (χ3n) is 2.85. The summed E-state index contributed by atoms with van der Waals surface area (Å²) in [7, 11) is 3.66. The monoisotopic (exact) mass is 217 g/mol. The lowest BCUT2D eigenvalue weighted by Gasteiger charge is -1.97. The summed E-state index contributed by atoms with van der Waals surface area (Å²) >= 11 is 0. The lowest BCUT2D eigenvalue weighted by Crippen LogP contribution is -2.01. The SMILES string of the molecule is Cc1nn(C)c2ncc3c(=O)[nH]n(C)c3c12. The molecule has 0 bridgehead atoms. The highest BCUT2D eigenvalue weighted by Gasteiger charge is 2.14. The molecule has 1 N–H and O–H groups in total. The molecule has 6 heteroatoms. The fraction of sp³-hybridized carbons (Fsp3) is 0.300. The zero-order chi connectivity index (χ0) is 11.4. The maximum absolute atomic E-state index is 11.6. The van der Waals surface area contributed by atoms with E-state index in [9.17, 15) is 4.79 Å². The average Bonchev–Trinajstić information content (AvgIpc) is 2.67. The lowest BCUT2D eigenvalue weighted by molar-refractivity contribution is 0.774. The molecule has 3 aromatic heterocycles. The van der Waals surface area contributed by atoms with Crippen LogP contribution in [0.5, 0.6) is 0 Å². The van der Waals surface area contributed by atoms with Crippen molar-refractivity contribution in [1.82, 2.24) is 24.5 Å². The van der Waals surface area contributed by atoms with Crippen molar-refractivity contribution in [3.8, 4) is 0 Å². The fourth-order valence-electron chi connectivity index (χ4n) is 2.18. The molecule has 0 saturated carbocycles. The number of nitrogens with zero attached hydrogens (tertiary/aromatic N) is 4. The number of aromatic amines is 1. The number of rotatable bonds is 0. The maximum atomic E-state index is 11.6. The summed E-state index contributed by atoms with van der Waals surface area (Å²) in [5.74, 6) is 0. The van der Waals surface area contributed by atoms with E-state index in [1.165, 1.54) is 0 Å². The third-order valence-corrected chi connectivity index (χ3v) is 2.85. The largest absolute Gasteiger partial charge is 0.287 e. The molecule has 16 heavy (non-hydrogen) atoms. The second-order valence-corrected chi connectivity index (χ2v) is 3.93. The first-order valence-corrected chi connectivity index (χ1v) is 4.96. The van der Waals surface area contributed by atoms with Gasteiger partial charge in [-0.1, -0.05) is 0 Å². The number of aromatic nitrogens is 5. The van der Waals surface area contributed by atoms with Gasteiger partial charge in [-0.2, -0.15) is 5.10 Å². The van der Waals surface area contributed by atoms with Crippen LogP contribution in [0.2, 0.25) is 0 Å². The van der Waals surface area contributed by atoms with Gasteiger partial charge in [0.25, 0.3) is 5.56 Å². The van der Waals surface area contributed by atoms with E-state index in [1.807, 2.05) is 21.0 Å². The highest BCUT2D eigenvalue weighted by Crippen LogP contribution is 2.23.